The highest BCUT2D eigenvalue weighted by Crippen LogP contribution is 2.42. The molecule has 0 bridgehead atoms. The Kier molecular flexibility index (Phi) is 6.85. The number of nitrogens with zero attached hydrogens (tertiary/aromatic N) is 3. The van der Waals surface area contributed by atoms with Crippen LogP contribution in [0.1, 0.15) is 43.4 Å². The van der Waals surface area contributed by atoms with Crippen LogP contribution in [0.25, 0.3) is 0 Å². The van der Waals surface area contributed by atoms with E-state index in [0.29, 0.717) is 5.56 Å². The number of aliphatic hydroxyl groups excluding tert-OH is 1. The summed E-state index contributed by atoms with van der Waals surface area (Å²) in [4.78, 5) is 46.9. The van der Waals surface area contributed by atoms with Crippen LogP contribution in [0.15, 0.2) is 48.8 Å². The number of hydrogen-bond acceptors (Lipinski definition) is 5. The second-order valence-corrected chi connectivity index (χ2v) is 8.30. The van der Waals surface area contributed by atoms with E-state index in [2.05, 4.69) is 4.98 Å². The van der Waals surface area contributed by atoms with E-state index in [1.54, 1.807) is 23.4 Å². The Morgan fingerprint density at radius 1 is 1.23 bits per heavy atom. The summed E-state index contributed by atoms with van der Waals surface area (Å²) < 4.78 is 0. The SMILES string of the molecule is Cc1ccccc1C1(CC(=O)N(CCO)C(C)C)CC(=O)N(Cc2cccnc2)C1=O. The molecule has 1 fully saturated rings. The molecule has 3 rings (SSSR count). The Morgan fingerprint density at radius 3 is 2.58 bits per heavy atom. The van der Waals surface area contributed by atoms with Crippen molar-refractivity contribution in [3.63, 3.8) is 0 Å². The topological polar surface area (TPSA) is 90.8 Å². The molecular weight excluding hydrogens is 394 g/mol. The van der Waals surface area contributed by atoms with E-state index in [1.807, 2.05) is 51.1 Å². The van der Waals surface area contributed by atoms with Gasteiger partial charge in [-0.05, 0) is 43.5 Å². The van der Waals surface area contributed by atoms with Crippen LogP contribution in [0.5, 0.6) is 0 Å². The molecule has 0 aliphatic carbocycles. The van der Waals surface area contributed by atoms with Gasteiger partial charge in [-0.2, -0.15) is 0 Å². The van der Waals surface area contributed by atoms with Crippen molar-refractivity contribution < 1.29 is 19.5 Å². The van der Waals surface area contributed by atoms with Gasteiger partial charge in [0, 0.05) is 37.8 Å². The third kappa shape index (κ3) is 4.51. The third-order valence-electron chi connectivity index (χ3n) is 5.87. The number of carbonyl (C=O) groups is 3. The van der Waals surface area contributed by atoms with E-state index < -0.39 is 5.41 Å². The van der Waals surface area contributed by atoms with Crippen LogP contribution in [0.2, 0.25) is 0 Å². The van der Waals surface area contributed by atoms with Gasteiger partial charge in [0.05, 0.1) is 18.6 Å². The van der Waals surface area contributed by atoms with Gasteiger partial charge < -0.3 is 10.0 Å². The lowest BCUT2D eigenvalue weighted by molar-refractivity contribution is -0.143. The number of imide groups is 1. The van der Waals surface area contributed by atoms with Crippen LogP contribution in [0.3, 0.4) is 0 Å². The predicted molar refractivity (Wildman–Crippen MR) is 116 cm³/mol. The molecule has 0 spiro atoms. The van der Waals surface area contributed by atoms with Crippen molar-refractivity contribution in [3.05, 3.63) is 65.5 Å². The number of aromatic nitrogens is 1. The molecule has 2 aromatic rings. The van der Waals surface area contributed by atoms with E-state index in [9.17, 15) is 19.5 Å². The number of hydrogen-bond donors (Lipinski definition) is 1. The van der Waals surface area contributed by atoms with Crippen molar-refractivity contribution in [1.29, 1.82) is 0 Å². The fourth-order valence-corrected chi connectivity index (χ4v) is 4.33. The summed E-state index contributed by atoms with van der Waals surface area (Å²) in [5.74, 6) is -0.920. The van der Waals surface area contributed by atoms with Gasteiger partial charge in [-0.25, -0.2) is 0 Å². The zero-order valence-corrected chi connectivity index (χ0v) is 18.2. The van der Waals surface area contributed by atoms with Gasteiger partial charge in [0.15, 0.2) is 0 Å². The number of benzene rings is 1. The first-order valence-electron chi connectivity index (χ1n) is 10.5. The first-order valence-corrected chi connectivity index (χ1v) is 10.5. The van der Waals surface area contributed by atoms with E-state index in [-0.39, 0.29) is 56.3 Å². The molecule has 1 N–H and O–H groups in total. The second-order valence-electron chi connectivity index (χ2n) is 8.30. The minimum atomic E-state index is -1.26. The number of likely N-dealkylation sites (tertiary alicyclic amines) is 1. The van der Waals surface area contributed by atoms with Gasteiger partial charge in [-0.15, -0.1) is 0 Å². The van der Waals surface area contributed by atoms with E-state index in [0.717, 1.165) is 11.1 Å². The van der Waals surface area contributed by atoms with Gasteiger partial charge in [-0.1, -0.05) is 30.3 Å². The number of aliphatic hydroxyl groups is 1. The largest absolute Gasteiger partial charge is 0.395 e. The summed E-state index contributed by atoms with van der Waals surface area (Å²) in [6.07, 6.45) is 3.08. The quantitative estimate of drug-likeness (QED) is 0.658. The highest BCUT2D eigenvalue weighted by atomic mass is 16.3. The number of rotatable bonds is 8. The number of pyridine rings is 1. The molecule has 0 saturated carbocycles. The summed E-state index contributed by atoms with van der Waals surface area (Å²) >= 11 is 0. The number of aryl methyl sites for hydroxylation is 1. The molecule has 1 unspecified atom stereocenters. The maximum atomic E-state index is 13.7. The molecule has 0 radical (unpaired) electrons. The van der Waals surface area contributed by atoms with Gasteiger partial charge in [-0.3, -0.25) is 24.3 Å². The fourth-order valence-electron chi connectivity index (χ4n) is 4.33. The first-order chi connectivity index (χ1) is 14.8. The smallest absolute Gasteiger partial charge is 0.241 e. The van der Waals surface area contributed by atoms with E-state index in [1.165, 1.54) is 4.90 Å². The maximum Gasteiger partial charge on any atom is 0.241 e. The minimum absolute atomic E-state index is 0.0618. The fraction of sp³-hybridized carbons (Fsp3) is 0.417. The molecule has 31 heavy (non-hydrogen) atoms. The molecular formula is C24H29N3O4. The Hall–Kier alpha value is -3.06. The maximum absolute atomic E-state index is 13.7. The molecule has 1 atom stereocenters. The lowest BCUT2D eigenvalue weighted by Gasteiger charge is -2.33. The molecule has 3 amide bonds. The van der Waals surface area contributed by atoms with Gasteiger partial charge in [0.2, 0.25) is 17.7 Å². The molecule has 164 valence electrons. The van der Waals surface area contributed by atoms with Gasteiger partial charge in [0.25, 0.3) is 0 Å². The van der Waals surface area contributed by atoms with Crippen molar-refractivity contribution >= 4 is 17.7 Å². The molecule has 2 heterocycles. The summed E-state index contributed by atoms with van der Waals surface area (Å²) in [6.45, 7) is 5.76. The third-order valence-corrected chi connectivity index (χ3v) is 5.87. The monoisotopic (exact) mass is 423 g/mol. The molecule has 7 heteroatoms. The Labute approximate surface area is 182 Å². The molecule has 7 nitrogen and oxygen atoms in total. The predicted octanol–water partition coefficient (Wildman–Crippen LogP) is 2.21. The summed E-state index contributed by atoms with van der Waals surface area (Å²) in [5.41, 5.74) is 1.05. The van der Waals surface area contributed by atoms with Crippen molar-refractivity contribution in [2.24, 2.45) is 0 Å². The lowest BCUT2D eigenvalue weighted by atomic mass is 9.73. The van der Waals surface area contributed by atoms with Crippen molar-refractivity contribution in [2.45, 2.75) is 51.6 Å². The van der Waals surface area contributed by atoms with E-state index >= 15 is 0 Å². The second kappa shape index (κ2) is 9.39. The number of carbonyl (C=O) groups excluding carboxylic acids is 3. The molecule has 1 aromatic carbocycles. The molecule has 1 aliphatic rings. The van der Waals surface area contributed by atoms with Crippen LogP contribution in [-0.4, -0.2) is 56.8 Å². The van der Waals surface area contributed by atoms with Gasteiger partial charge >= 0.3 is 0 Å². The van der Waals surface area contributed by atoms with Gasteiger partial charge in [0.1, 0.15) is 0 Å². The summed E-state index contributed by atoms with van der Waals surface area (Å²) in [5, 5.41) is 9.39. The lowest BCUT2D eigenvalue weighted by Crippen LogP contribution is -2.46. The normalized spacial score (nSPS) is 18.7. The Bertz CT molecular complexity index is 960. The Morgan fingerprint density at radius 2 is 1.97 bits per heavy atom. The molecule has 1 aliphatic heterocycles. The van der Waals surface area contributed by atoms with Crippen molar-refractivity contribution in [2.75, 3.05) is 13.2 Å². The number of amides is 3. The average Bonchev–Trinajstić information content (AvgIpc) is 2.97. The zero-order valence-electron chi connectivity index (χ0n) is 18.2. The van der Waals surface area contributed by atoms with Crippen LogP contribution >= 0.6 is 0 Å². The molecule has 1 saturated heterocycles. The Balaban J connectivity index is 2.01. The summed E-state index contributed by atoms with van der Waals surface area (Å²) in [6, 6.07) is 10.8. The highest BCUT2D eigenvalue weighted by Gasteiger charge is 2.54. The zero-order chi connectivity index (χ0) is 22.6. The average molecular weight is 424 g/mol. The first kappa shape index (κ1) is 22.6. The summed E-state index contributed by atoms with van der Waals surface area (Å²) in [7, 11) is 0. The molecule has 1 aromatic heterocycles. The van der Waals surface area contributed by atoms with Crippen molar-refractivity contribution in [1.82, 2.24) is 14.8 Å². The highest BCUT2D eigenvalue weighted by molar-refractivity contribution is 6.10. The standard InChI is InChI=1S/C24H29N3O4/c1-17(2)26(11-12-28)21(29)13-24(20-9-5-4-7-18(20)3)14-22(30)27(23(24)31)16-19-8-6-10-25-15-19/h4-10,15,17,28H,11-14,16H2,1-3H3. The van der Waals surface area contributed by atoms with E-state index in [4.69, 9.17) is 0 Å². The van der Waals surface area contributed by atoms with Crippen LogP contribution in [0.4, 0.5) is 0 Å². The van der Waals surface area contributed by atoms with Crippen molar-refractivity contribution in [3.8, 4) is 0 Å². The van der Waals surface area contributed by atoms with Crippen LogP contribution in [0, 0.1) is 6.92 Å². The van der Waals surface area contributed by atoms with Crippen LogP contribution in [-0.2, 0) is 26.3 Å². The van der Waals surface area contributed by atoms with Crippen LogP contribution < -0.4 is 0 Å². The minimum Gasteiger partial charge on any atom is -0.395 e.